The molecule has 3 heteroatoms. The van der Waals surface area contributed by atoms with Crippen LogP contribution < -0.4 is 11.3 Å². The van der Waals surface area contributed by atoms with E-state index < -0.39 is 0 Å². The third-order valence-corrected chi connectivity index (χ3v) is 5.54. The van der Waals surface area contributed by atoms with Gasteiger partial charge in [-0.3, -0.25) is 11.3 Å². The van der Waals surface area contributed by atoms with E-state index >= 15 is 0 Å². The highest BCUT2D eigenvalue weighted by molar-refractivity contribution is 7.10. The normalized spacial score (nSPS) is 26.2. The second kappa shape index (κ2) is 6.69. The maximum absolute atomic E-state index is 5.86. The summed E-state index contributed by atoms with van der Waals surface area (Å²) in [5, 5.41) is 2.21. The average Bonchev–Trinajstić information content (AvgIpc) is 2.88. The van der Waals surface area contributed by atoms with Crippen LogP contribution in [0.25, 0.3) is 0 Å². The lowest BCUT2D eigenvalue weighted by molar-refractivity contribution is 0.211. The molecule has 0 aliphatic heterocycles. The van der Waals surface area contributed by atoms with Crippen molar-refractivity contribution in [2.75, 3.05) is 0 Å². The van der Waals surface area contributed by atoms with E-state index in [1.807, 2.05) is 11.3 Å². The maximum atomic E-state index is 5.86. The third kappa shape index (κ3) is 2.95. The summed E-state index contributed by atoms with van der Waals surface area (Å²) >= 11 is 1.87. The Kier molecular flexibility index (Phi) is 5.22. The molecule has 2 rings (SSSR count). The van der Waals surface area contributed by atoms with E-state index in [4.69, 9.17) is 5.84 Å². The van der Waals surface area contributed by atoms with Crippen molar-refractivity contribution in [2.45, 2.75) is 58.4 Å². The largest absolute Gasteiger partial charge is 0.271 e. The molecule has 0 bridgehead atoms. The Labute approximate surface area is 115 Å². The Morgan fingerprint density at radius 3 is 2.94 bits per heavy atom. The molecule has 1 fully saturated rings. The fraction of sp³-hybridized carbons (Fsp3) is 0.733. The summed E-state index contributed by atoms with van der Waals surface area (Å²) in [5.41, 5.74) is 4.58. The van der Waals surface area contributed by atoms with Gasteiger partial charge >= 0.3 is 0 Å². The van der Waals surface area contributed by atoms with Gasteiger partial charge in [0.1, 0.15) is 0 Å². The number of rotatable bonds is 5. The molecule has 18 heavy (non-hydrogen) atoms. The molecular formula is C15H26N2S. The lowest BCUT2D eigenvalue weighted by atomic mass is 9.76. The van der Waals surface area contributed by atoms with E-state index in [2.05, 4.69) is 30.7 Å². The van der Waals surface area contributed by atoms with Gasteiger partial charge in [-0.15, -0.1) is 11.3 Å². The van der Waals surface area contributed by atoms with Gasteiger partial charge in [0.15, 0.2) is 0 Å². The molecule has 1 aromatic heterocycles. The fourth-order valence-corrected chi connectivity index (χ4v) is 4.49. The number of aryl methyl sites for hydroxylation is 1. The zero-order chi connectivity index (χ0) is 13.0. The molecule has 3 atom stereocenters. The van der Waals surface area contributed by atoms with Gasteiger partial charge in [-0.1, -0.05) is 33.1 Å². The fourth-order valence-electron chi connectivity index (χ4n) is 3.34. The highest BCUT2D eigenvalue weighted by Gasteiger charge is 2.29. The smallest absolute Gasteiger partial charge is 0.0584 e. The van der Waals surface area contributed by atoms with Crippen molar-refractivity contribution < 1.29 is 0 Å². The number of nitrogens with one attached hydrogen (secondary N) is 1. The minimum Gasteiger partial charge on any atom is -0.271 e. The molecule has 1 aliphatic rings. The highest BCUT2D eigenvalue weighted by Crippen LogP contribution is 2.40. The Morgan fingerprint density at radius 2 is 2.28 bits per heavy atom. The van der Waals surface area contributed by atoms with E-state index in [9.17, 15) is 0 Å². The van der Waals surface area contributed by atoms with Crippen LogP contribution in [0, 0.1) is 11.8 Å². The molecule has 0 aromatic carbocycles. The van der Waals surface area contributed by atoms with Gasteiger partial charge in [0.25, 0.3) is 0 Å². The van der Waals surface area contributed by atoms with Crippen molar-refractivity contribution in [3.8, 4) is 0 Å². The van der Waals surface area contributed by atoms with Crippen LogP contribution in [0.4, 0.5) is 0 Å². The zero-order valence-corrected chi connectivity index (χ0v) is 12.4. The first-order valence-corrected chi connectivity index (χ1v) is 8.20. The van der Waals surface area contributed by atoms with Crippen LogP contribution >= 0.6 is 11.3 Å². The van der Waals surface area contributed by atoms with E-state index in [1.165, 1.54) is 42.5 Å². The standard InChI is InChI=1S/C15H26N2S/c1-3-11-6-5-7-13(10-11)14(17-16)15-12(4-2)8-9-18-15/h8-9,11,13-14,17H,3-7,10,16H2,1-2H3. The Bertz CT molecular complexity index is 361. The van der Waals surface area contributed by atoms with Crippen LogP contribution in [0.5, 0.6) is 0 Å². The quantitative estimate of drug-likeness (QED) is 0.624. The number of nitrogens with two attached hydrogens (primary N) is 1. The molecule has 3 N–H and O–H groups in total. The maximum Gasteiger partial charge on any atom is 0.0584 e. The summed E-state index contributed by atoms with van der Waals surface area (Å²) in [6.07, 6.45) is 7.88. The second-order valence-electron chi connectivity index (χ2n) is 5.51. The molecule has 1 aromatic rings. The summed E-state index contributed by atoms with van der Waals surface area (Å²) in [7, 11) is 0. The van der Waals surface area contributed by atoms with Gasteiger partial charge in [0.05, 0.1) is 6.04 Å². The average molecular weight is 266 g/mol. The second-order valence-corrected chi connectivity index (χ2v) is 6.46. The van der Waals surface area contributed by atoms with Crippen LogP contribution in [-0.2, 0) is 6.42 Å². The molecule has 1 aliphatic carbocycles. The van der Waals surface area contributed by atoms with E-state index in [0.29, 0.717) is 6.04 Å². The monoisotopic (exact) mass is 266 g/mol. The lowest BCUT2D eigenvalue weighted by Gasteiger charge is -2.34. The van der Waals surface area contributed by atoms with E-state index in [1.54, 1.807) is 0 Å². The van der Waals surface area contributed by atoms with Gasteiger partial charge < -0.3 is 0 Å². The summed E-state index contributed by atoms with van der Waals surface area (Å²) < 4.78 is 0. The van der Waals surface area contributed by atoms with E-state index in [0.717, 1.165) is 18.3 Å². The van der Waals surface area contributed by atoms with Crippen LogP contribution in [-0.4, -0.2) is 0 Å². The summed E-state index contributed by atoms with van der Waals surface area (Å²) in [6.45, 7) is 4.55. The van der Waals surface area contributed by atoms with E-state index in [-0.39, 0.29) is 0 Å². The van der Waals surface area contributed by atoms with Crippen LogP contribution in [0.2, 0.25) is 0 Å². The molecule has 0 saturated heterocycles. The van der Waals surface area contributed by atoms with Crippen LogP contribution in [0.1, 0.15) is 62.4 Å². The molecule has 102 valence electrons. The summed E-state index contributed by atoms with van der Waals surface area (Å²) in [4.78, 5) is 1.47. The SMILES string of the molecule is CCc1ccsc1C(NN)C1CCCC(CC)C1. The predicted molar refractivity (Wildman–Crippen MR) is 79.5 cm³/mol. The highest BCUT2D eigenvalue weighted by atomic mass is 32.1. The molecule has 0 amide bonds. The molecule has 0 radical (unpaired) electrons. The predicted octanol–water partition coefficient (Wildman–Crippen LogP) is 4.03. The van der Waals surface area contributed by atoms with Gasteiger partial charge in [-0.05, 0) is 48.1 Å². The van der Waals surface area contributed by atoms with Crippen LogP contribution in [0.15, 0.2) is 11.4 Å². The topological polar surface area (TPSA) is 38.0 Å². The van der Waals surface area contributed by atoms with Crippen molar-refractivity contribution in [3.05, 3.63) is 21.9 Å². The van der Waals surface area contributed by atoms with Gasteiger partial charge in [-0.2, -0.15) is 0 Å². The van der Waals surface area contributed by atoms with Gasteiger partial charge in [0.2, 0.25) is 0 Å². The molecule has 1 saturated carbocycles. The number of hydrazine groups is 1. The molecule has 3 unspecified atom stereocenters. The van der Waals surface area contributed by atoms with Crippen LogP contribution in [0.3, 0.4) is 0 Å². The summed E-state index contributed by atoms with van der Waals surface area (Å²) in [6, 6.07) is 2.62. The molecule has 0 spiro atoms. The molecule has 1 heterocycles. The van der Waals surface area contributed by atoms with Crippen molar-refractivity contribution in [1.82, 2.24) is 5.43 Å². The van der Waals surface area contributed by atoms with Crippen molar-refractivity contribution in [2.24, 2.45) is 17.7 Å². The van der Waals surface area contributed by atoms with Gasteiger partial charge in [-0.25, -0.2) is 0 Å². The summed E-state index contributed by atoms with van der Waals surface area (Å²) in [5.74, 6) is 7.49. The van der Waals surface area contributed by atoms with Crippen molar-refractivity contribution in [3.63, 3.8) is 0 Å². The number of hydrogen-bond acceptors (Lipinski definition) is 3. The Balaban J connectivity index is 2.13. The molecular weight excluding hydrogens is 240 g/mol. The lowest BCUT2D eigenvalue weighted by Crippen LogP contribution is -2.35. The minimum absolute atomic E-state index is 0.370. The zero-order valence-electron chi connectivity index (χ0n) is 11.6. The first kappa shape index (κ1) is 14.0. The third-order valence-electron chi connectivity index (χ3n) is 4.50. The number of hydrogen-bond donors (Lipinski definition) is 2. The van der Waals surface area contributed by atoms with Crippen molar-refractivity contribution >= 4 is 11.3 Å². The number of thiophene rings is 1. The Morgan fingerprint density at radius 1 is 1.44 bits per heavy atom. The minimum atomic E-state index is 0.370. The molecule has 2 nitrogen and oxygen atoms in total. The van der Waals surface area contributed by atoms with Crippen molar-refractivity contribution in [1.29, 1.82) is 0 Å². The Hall–Kier alpha value is -0.380. The van der Waals surface area contributed by atoms with Gasteiger partial charge in [0, 0.05) is 4.88 Å². The first-order chi connectivity index (χ1) is 8.80. The first-order valence-electron chi connectivity index (χ1n) is 7.32.